The van der Waals surface area contributed by atoms with Crippen LogP contribution in [-0.4, -0.2) is 29.8 Å². The number of hydrogen-bond acceptors (Lipinski definition) is 2. The fraction of sp³-hybridized carbons (Fsp3) is 0.923. The minimum absolute atomic E-state index is 0.401. The van der Waals surface area contributed by atoms with Gasteiger partial charge in [0.05, 0.1) is 0 Å². The summed E-state index contributed by atoms with van der Waals surface area (Å²) < 4.78 is 0. The maximum Gasteiger partial charge on any atom is 0.141 e. The van der Waals surface area contributed by atoms with Crippen LogP contribution in [0.15, 0.2) is 0 Å². The number of nitrogens with zero attached hydrogens (tertiary/aromatic N) is 1. The van der Waals surface area contributed by atoms with Gasteiger partial charge in [0.25, 0.3) is 0 Å². The molecule has 2 bridgehead atoms. The molecule has 15 heavy (non-hydrogen) atoms. The molecule has 0 aromatic carbocycles. The standard InChI is InChI=1S/C13H21NO/c15-13-10-4-3-5-11(13)9-14(8-10)12-6-1-2-7-12/h10-12H,1-9H2/t10-,11+. The molecule has 0 aromatic rings. The second-order valence-corrected chi connectivity index (χ2v) is 5.62. The van der Waals surface area contributed by atoms with Crippen LogP contribution >= 0.6 is 0 Å². The van der Waals surface area contributed by atoms with Crippen molar-refractivity contribution >= 4 is 5.78 Å². The van der Waals surface area contributed by atoms with Crippen LogP contribution in [0.25, 0.3) is 0 Å². The predicted molar refractivity (Wildman–Crippen MR) is 59.7 cm³/mol. The zero-order valence-corrected chi connectivity index (χ0v) is 9.45. The van der Waals surface area contributed by atoms with Crippen molar-refractivity contribution in [2.45, 2.75) is 51.0 Å². The molecule has 2 heteroatoms. The van der Waals surface area contributed by atoms with E-state index in [2.05, 4.69) is 4.90 Å². The lowest BCUT2D eigenvalue weighted by molar-refractivity contribution is -0.135. The Morgan fingerprint density at radius 1 is 0.867 bits per heavy atom. The van der Waals surface area contributed by atoms with E-state index in [-0.39, 0.29) is 0 Å². The number of fused-ring (bicyclic) bond motifs is 2. The van der Waals surface area contributed by atoms with Gasteiger partial charge in [0.1, 0.15) is 5.78 Å². The fourth-order valence-corrected chi connectivity index (χ4v) is 3.80. The lowest BCUT2D eigenvalue weighted by Gasteiger charge is -2.42. The Bertz CT molecular complexity index is 241. The van der Waals surface area contributed by atoms with E-state index in [4.69, 9.17) is 0 Å². The van der Waals surface area contributed by atoms with Crippen LogP contribution < -0.4 is 0 Å². The molecule has 0 unspecified atom stereocenters. The largest absolute Gasteiger partial charge is 0.299 e. The van der Waals surface area contributed by atoms with E-state index in [1.54, 1.807) is 0 Å². The maximum atomic E-state index is 11.9. The van der Waals surface area contributed by atoms with Crippen LogP contribution in [0.4, 0.5) is 0 Å². The van der Waals surface area contributed by atoms with Gasteiger partial charge in [-0.1, -0.05) is 19.3 Å². The van der Waals surface area contributed by atoms with E-state index in [0.717, 1.165) is 19.1 Å². The Morgan fingerprint density at radius 2 is 1.47 bits per heavy atom. The summed E-state index contributed by atoms with van der Waals surface area (Å²) in [6.45, 7) is 2.17. The van der Waals surface area contributed by atoms with Gasteiger partial charge in [-0.15, -0.1) is 0 Å². The molecule has 84 valence electrons. The minimum atomic E-state index is 0.401. The third-order valence-electron chi connectivity index (χ3n) is 4.66. The molecule has 2 saturated carbocycles. The normalized spacial score (nSPS) is 38.5. The van der Waals surface area contributed by atoms with Crippen molar-refractivity contribution in [3.63, 3.8) is 0 Å². The van der Waals surface area contributed by atoms with Crippen LogP contribution in [0.1, 0.15) is 44.9 Å². The van der Waals surface area contributed by atoms with Gasteiger partial charge < -0.3 is 0 Å². The monoisotopic (exact) mass is 207 g/mol. The van der Waals surface area contributed by atoms with Gasteiger partial charge in [-0.2, -0.15) is 0 Å². The molecular formula is C13H21NO. The van der Waals surface area contributed by atoms with Gasteiger partial charge in [0.2, 0.25) is 0 Å². The first kappa shape index (κ1) is 9.83. The minimum Gasteiger partial charge on any atom is -0.299 e. The molecule has 0 aromatic heterocycles. The Labute approximate surface area is 92.0 Å². The Balaban J connectivity index is 1.70. The molecule has 3 fully saturated rings. The molecule has 0 amide bonds. The van der Waals surface area contributed by atoms with Gasteiger partial charge in [0, 0.05) is 31.0 Å². The van der Waals surface area contributed by atoms with Gasteiger partial charge in [-0.25, -0.2) is 0 Å². The highest BCUT2D eigenvalue weighted by Crippen LogP contribution is 2.35. The van der Waals surface area contributed by atoms with E-state index in [1.807, 2.05) is 0 Å². The van der Waals surface area contributed by atoms with E-state index < -0.39 is 0 Å². The molecule has 2 atom stereocenters. The molecule has 3 rings (SSSR count). The summed E-state index contributed by atoms with van der Waals surface area (Å²) in [5.41, 5.74) is 0. The van der Waals surface area contributed by atoms with Crippen LogP contribution in [0.5, 0.6) is 0 Å². The van der Waals surface area contributed by atoms with Gasteiger partial charge in [0.15, 0.2) is 0 Å². The average molecular weight is 207 g/mol. The van der Waals surface area contributed by atoms with E-state index in [0.29, 0.717) is 17.6 Å². The molecule has 0 spiro atoms. The van der Waals surface area contributed by atoms with Crippen molar-refractivity contribution in [3.05, 3.63) is 0 Å². The molecule has 1 saturated heterocycles. The molecule has 3 aliphatic rings. The fourth-order valence-electron chi connectivity index (χ4n) is 3.80. The summed E-state index contributed by atoms with van der Waals surface area (Å²) in [6.07, 6.45) is 9.20. The third kappa shape index (κ3) is 1.73. The first-order chi connectivity index (χ1) is 7.34. The molecule has 0 N–H and O–H groups in total. The Kier molecular flexibility index (Phi) is 2.55. The molecule has 1 heterocycles. The van der Waals surface area contributed by atoms with E-state index >= 15 is 0 Å². The number of carbonyl (C=O) groups is 1. The number of carbonyl (C=O) groups excluding carboxylic acids is 1. The highest BCUT2D eigenvalue weighted by atomic mass is 16.1. The van der Waals surface area contributed by atoms with Gasteiger partial charge in [-0.05, 0) is 25.7 Å². The molecule has 0 radical (unpaired) electrons. The van der Waals surface area contributed by atoms with Crippen LogP contribution in [-0.2, 0) is 4.79 Å². The average Bonchev–Trinajstić information content (AvgIpc) is 2.70. The molecular weight excluding hydrogens is 186 g/mol. The van der Waals surface area contributed by atoms with Crippen molar-refractivity contribution < 1.29 is 4.79 Å². The highest BCUT2D eigenvalue weighted by molar-refractivity contribution is 5.85. The van der Waals surface area contributed by atoms with Gasteiger partial charge in [-0.3, -0.25) is 9.69 Å². The molecule has 2 nitrogen and oxygen atoms in total. The summed E-state index contributed by atoms with van der Waals surface area (Å²) in [6, 6.07) is 0.821. The topological polar surface area (TPSA) is 20.3 Å². The zero-order valence-electron chi connectivity index (χ0n) is 9.45. The number of likely N-dealkylation sites (tertiary alicyclic amines) is 1. The number of Topliss-reactive ketones (excluding diaryl/α,β-unsaturated/α-hetero) is 1. The summed E-state index contributed by atoms with van der Waals surface area (Å²) in [5.74, 6) is 1.40. The summed E-state index contributed by atoms with van der Waals surface area (Å²) in [5, 5.41) is 0. The Hall–Kier alpha value is -0.370. The van der Waals surface area contributed by atoms with Crippen LogP contribution in [0.2, 0.25) is 0 Å². The lowest BCUT2D eigenvalue weighted by Crippen LogP contribution is -2.51. The number of piperidine rings is 1. The first-order valence-electron chi connectivity index (χ1n) is 6.62. The van der Waals surface area contributed by atoms with Crippen molar-refractivity contribution in [1.82, 2.24) is 4.90 Å². The predicted octanol–water partition coefficient (Wildman–Crippen LogP) is 2.23. The first-order valence-corrected chi connectivity index (χ1v) is 6.62. The van der Waals surface area contributed by atoms with E-state index in [9.17, 15) is 4.79 Å². The quantitative estimate of drug-likeness (QED) is 0.657. The van der Waals surface area contributed by atoms with Crippen LogP contribution in [0, 0.1) is 11.8 Å². The lowest BCUT2D eigenvalue weighted by atomic mass is 9.76. The molecule has 2 aliphatic carbocycles. The molecule has 1 aliphatic heterocycles. The van der Waals surface area contributed by atoms with Crippen molar-refractivity contribution in [2.75, 3.05) is 13.1 Å². The van der Waals surface area contributed by atoms with Crippen molar-refractivity contribution in [3.8, 4) is 0 Å². The summed E-state index contributed by atoms with van der Waals surface area (Å²) in [4.78, 5) is 14.6. The summed E-state index contributed by atoms with van der Waals surface area (Å²) in [7, 11) is 0. The smallest absolute Gasteiger partial charge is 0.141 e. The van der Waals surface area contributed by atoms with Crippen molar-refractivity contribution in [2.24, 2.45) is 11.8 Å². The van der Waals surface area contributed by atoms with Gasteiger partial charge >= 0.3 is 0 Å². The van der Waals surface area contributed by atoms with Crippen LogP contribution in [0.3, 0.4) is 0 Å². The second-order valence-electron chi connectivity index (χ2n) is 5.62. The SMILES string of the molecule is O=C1[C@@H]2CCC[C@H]1CN(C1CCCC1)C2. The second kappa shape index (κ2) is 3.89. The number of ketones is 1. The summed E-state index contributed by atoms with van der Waals surface area (Å²) >= 11 is 0. The maximum absolute atomic E-state index is 11.9. The zero-order chi connectivity index (χ0) is 10.3. The highest BCUT2D eigenvalue weighted by Gasteiger charge is 2.40. The third-order valence-corrected chi connectivity index (χ3v) is 4.66. The number of rotatable bonds is 1. The number of hydrogen-bond donors (Lipinski definition) is 0. The van der Waals surface area contributed by atoms with E-state index in [1.165, 1.54) is 44.9 Å². The Morgan fingerprint density at radius 3 is 2.07 bits per heavy atom. The van der Waals surface area contributed by atoms with Crippen molar-refractivity contribution in [1.29, 1.82) is 0 Å².